The van der Waals surface area contributed by atoms with E-state index < -0.39 is 0 Å². The Hall–Kier alpha value is -1.06. The van der Waals surface area contributed by atoms with Gasteiger partial charge in [0.15, 0.2) is 0 Å². The van der Waals surface area contributed by atoms with E-state index >= 15 is 0 Å². The summed E-state index contributed by atoms with van der Waals surface area (Å²) in [4.78, 5) is 24.0. The van der Waals surface area contributed by atoms with Gasteiger partial charge in [-0.2, -0.15) is 0 Å². The second kappa shape index (κ2) is 11.7. The van der Waals surface area contributed by atoms with Gasteiger partial charge in [-0.25, -0.2) is 0 Å². The van der Waals surface area contributed by atoms with Crippen molar-refractivity contribution >= 4 is 11.8 Å². The van der Waals surface area contributed by atoms with Gasteiger partial charge in [0.25, 0.3) is 0 Å². The summed E-state index contributed by atoms with van der Waals surface area (Å²) in [7, 11) is 0. The molecule has 0 aliphatic rings. The molecule has 0 aromatic carbocycles. The molecule has 4 nitrogen and oxygen atoms in total. The van der Waals surface area contributed by atoms with Crippen LogP contribution in [0.4, 0.5) is 0 Å². The maximum atomic E-state index is 12.0. The average molecular weight is 284 g/mol. The Morgan fingerprint density at radius 2 is 1.10 bits per heavy atom. The van der Waals surface area contributed by atoms with Gasteiger partial charge in [0.05, 0.1) is 0 Å². The van der Waals surface area contributed by atoms with E-state index in [2.05, 4.69) is 24.7 Å². The topological polar surface area (TPSA) is 58.2 Å². The average Bonchev–Trinajstić information content (AvgIpc) is 2.46. The summed E-state index contributed by atoms with van der Waals surface area (Å²) >= 11 is 0. The third-order valence-electron chi connectivity index (χ3n) is 3.85. The van der Waals surface area contributed by atoms with E-state index in [1.54, 1.807) is 0 Å². The van der Waals surface area contributed by atoms with Crippen LogP contribution in [0.25, 0.3) is 0 Å². The largest absolute Gasteiger partial charge is 0.273 e. The van der Waals surface area contributed by atoms with Gasteiger partial charge in [0.1, 0.15) is 0 Å². The van der Waals surface area contributed by atoms with E-state index in [4.69, 9.17) is 0 Å². The number of nitrogens with one attached hydrogen (secondary N) is 2. The molecule has 4 heteroatoms. The molecule has 2 atom stereocenters. The van der Waals surface area contributed by atoms with E-state index in [0.717, 1.165) is 51.4 Å². The van der Waals surface area contributed by atoms with Gasteiger partial charge in [-0.1, -0.05) is 53.4 Å². The second-order valence-electron chi connectivity index (χ2n) is 5.47. The zero-order chi connectivity index (χ0) is 15.4. The number of hydrogen-bond donors (Lipinski definition) is 2. The van der Waals surface area contributed by atoms with E-state index in [-0.39, 0.29) is 23.7 Å². The molecule has 0 fully saturated rings. The van der Waals surface area contributed by atoms with Crippen LogP contribution in [-0.2, 0) is 9.59 Å². The van der Waals surface area contributed by atoms with Crippen LogP contribution in [0.5, 0.6) is 0 Å². The molecule has 0 aromatic heterocycles. The Morgan fingerprint density at radius 3 is 1.35 bits per heavy atom. The van der Waals surface area contributed by atoms with Gasteiger partial charge in [0.2, 0.25) is 11.8 Å². The second-order valence-corrected chi connectivity index (χ2v) is 5.47. The summed E-state index contributed by atoms with van der Waals surface area (Å²) in [5, 5.41) is 0. The van der Waals surface area contributed by atoms with Gasteiger partial charge < -0.3 is 0 Å². The van der Waals surface area contributed by atoms with Crippen molar-refractivity contribution in [1.29, 1.82) is 0 Å². The molecule has 0 aromatic rings. The maximum absolute atomic E-state index is 12.0. The fraction of sp³-hybridized carbons (Fsp3) is 0.875. The zero-order valence-corrected chi connectivity index (χ0v) is 13.6. The number of rotatable bonds is 10. The Kier molecular flexibility index (Phi) is 11.1. The molecule has 20 heavy (non-hydrogen) atoms. The Labute approximate surface area is 124 Å². The Bertz CT molecular complexity index is 252. The number of carbonyl (C=O) groups excluding carboxylic acids is 2. The van der Waals surface area contributed by atoms with Crippen molar-refractivity contribution in [2.24, 2.45) is 11.8 Å². The summed E-state index contributed by atoms with van der Waals surface area (Å²) in [5.41, 5.74) is 5.19. The van der Waals surface area contributed by atoms with E-state index in [0.29, 0.717) is 0 Å². The molecule has 0 heterocycles. The first-order valence-corrected chi connectivity index (χ1v) is 8.20. The van der Waals surface area contributed by atoms with Crippen molar-refractivity contribution in [1.82, 2.24) is 10.9 Å². The lowest BCUT2D eigenvalue weighted by molar-refractivity contribution is -0.133. The summed E-state index contributed by atoms with van der Waals surface area (Å²) in [5.74, 6) is -0.101. The predicted molar refractivity (Wildman–Crippen MR) is 82.9 cm³/mol. The minimum absolute atomic E-state index is 0.00553. The first-order valence-electron chi connectivity index (χ1n) is 8.20. The molecular weight excluding hydrogens is 252 g/mol. The van der Waals surface area contributed by atoms with Crippen LogP contribution in [0.2, 0.25) is 0 Å². The SMILES string of the molecule is CCCCC(CC)C(=O)NNC(=O)C(CC)CCCC. The van der Waals surface area contributed by atoms with Crippen LogP contribution in [0, 0.1) is 11.8 Å². The summed E-state index contributed by atoms with van der Waals surface area (Å²) in [6, 6.07) is 0. The van der Waals surface area contributed by atoms with Crippen molar-refractivity contribution in [2.45, 2.75) is 79.1 Å². The molecule has 0 bridgehead atoms. The lowest BCUT2D eigenvalue weighted by atomic mass is 9.98. The molecule has 118 valence electrons. The zero-order valence-electron chi connectivity index (χ0n) is 13.6. The summed E-state index contributed by atoms with van der Waals surface area (Å²) in [6.45, 7) is 8.26. The quantitative estimate of drug-likeness (QED) is 0.603. The third-order valence-corrected chi connectivity index (χ3v) is 3.85. The summed E-state index contributed by atoms with van der Waals surface area (Å²) in [6.07, 6.45) is 7.69. The highest BCUT2D eigenvalue weighted by atomic mass is 16.2. The molecule has 2 unspecified atom stereocenters. The van der Waals surface area contributed by atoms with Crippen LogP contribution in [0.1, 0.15) is 79.1 Å². The van der Waals surface area contributed by atoms with E-state index in [1.807, 2.05) is 13.8 Å². The normalized spacial score (nSPS) is 13.6. The monoisotopic (exact) mass is 284 g/mol. The lowest BCUT2D eigenvalue weighted by Gasteiger charge is -2.18. The van der Waals surface area contributed by atoms with Crippen LogP contribution in [0.3, 0.4) is 0 Å². The van der Waals surface area contributed by atoms with Crippen LogP contribution in [-0.4, -0.2) is 11.8 Å². The molecule has 2 N–H and O–H groups in total. The van der Waals surface area contributed by atoms with Crippen molar-refractivity contribution in [3.8, 4) is 0 Å². The number of hydrazine groups is 1. The number of carbonyl (C=O) groups is 2. The fourth-order valence-electron chi connectivity index (χ4n) is 2.27. The van der Waals surface area contributed by atoms with Gasteiger partial charge in [-0.15, -0.1) is 0 Å². The highest BCUT2D eigenvalue weighted by Gasteiger charge is 2.19. The lowest BCUT2D eigenvalue weighted by Crippen LogP contribution is -2.46. The standard InChI is InChI=1S/C16H32N2O2/c1-5-9-11-13(7-3)15(19)17-18-16(20)14(8-4)12-10-6-2/h13-14H,5-12H2,1-4H3,(H,17,19)(H,18,20). The molecule has 0 saturated heterocycles. The fourth-order valence-corrected chi connectivity index (χ4v) is 2.27. The van der Waals surface area contributed by atoms with Gasteiger partial charge >= 0.3 is 0 Å². The van der Waals surface area contributed by atoms with E-state index in [9.17, 15) is 9.59 Å². The summed E-state index contributed by atoms with van der Waals surface area (Å²) < 4.78 is 0. The van der Waals surface area contributed by atoms with Crippen molar-refractivity contribution in [3.63, 3.8) is 0 Å². The predicted octanol–water partition coefficient (Wildman–Crippen LogP) is 3.57. The third kappa shape index (κ3) is 7.51. The number of unbranched alkanes of at least 4 members (excludes halogenated alkanes) is 2. The molecular formula is C16H32N2O2. The van der Waals surface area contributed by atoms with Gasteiger partial charge in [0, 0.05) is 11.8 Å². The first-order chi connectivity index (χ1) is 9.60. The van der Waals surface area contributed by atoms with Crippen molar-refractivity contribution < 1.29 is 9.59 Å². The Morgan fingerprint density at radius 1 is 0.750 bits per heavy atom. The number of hydrogen-bond acceptors (Lipinski definition) is 2. The van der Waals surface area contributed by atoms with Gasteiger partial charge in [-0.05, 0) is 25.7 Å². The molecule has 0 spiro atoms. The highest BCUT2D eigenvalue weighted by molar-refractivity contribution is 5.84. The van der Waals surface area contributed by atoms with Crippen LogP contribution >= 0.6 is 0 Å². The molecule has 0 rings (SSSR count). The number of amides is 2. The van der Waals surface area contributed by atoms with E-state index in [1.165, 1.54) is 0 Å². The molecule has 0 aliphatic heterocycles. The minimum atomic E-state index is -0.0559. The minimum Gasteiger partial charge on any atom is -0.273 e. The Balaban J connectivity index is 4.16. The van der Waals surface area contributed by atoms with Crippen molar-refractivity contribution in [3.05, 3.63) is 0 Å². The van der Waals surface area contributed by atoms with Crippen LogP contribution in [0.15, 0.2) is 0 Å². The molecule has 0 aliphatic carbocycles. The molecule has 0 radical (unpaired) electrons. The van der Waals surface area contributed by atoms with Gasteiger partial charge in [-0.3, -0.25) is 20.4 Å². The smallest absolute Gasteiger partial charge is 0.241 e. The highest BCUT2D eigenvalue weighted by Crippen LogP contribution is 2.13. The first kappa shape index (κ1) is 18.9. The molecule has 0 saturated carbocycles. The molecule has 2 amide bonds. The van der Waals surface area contributed by atoms with Crippen molar-refractivity contribution in [2.75, 3.05) is 0 Å². The maximum Gasteiger partial charge on any atom is 0.241 e. The van der Waals surface area contributed by atoms with Crippen LogP contribution < -0.4 is 10.9 Å².